The van der Waals surface area contributed by atoms with Gasteiger partial charge >= 0.3 is 0 Å². The van der Waals surface area contributed by atoms with Gasteiger partial charge in [-0.15, -0.1) is 0 Å². The highest BCUT2D eigenvalue weighted by molar-refractivity contribution is 6.24. The lowest BCUT2D eigenvalue weighted by Gasteiger charge is -2.39. The van der Waals surface area contributed by atoms with Gasteiger partial charge in [0, 0.05) is 18.5 Å². The molecule has 1 saturated heterocycles. The number of imide groups is 2. The van der Waals surface area contributed by atoms with Crippen LogP contribution in [0, 0.1) is 0 Å². The molecule has 1 fully saturated rings. The minimum atomic E-state index is -2.88. The first-order valence-electron chi connectivity index (χ1n) is 8.53. The highest BCUT2D eigenvalue weighted by Gasteiger charge is 2.58. The molecule has 4 amide bonds. The van der Waals surface area contributed by atoms with Crippen molar-refractivity contribution in [3.05, 3.63) is 71.3 Å². The maximum absolute atomic E-state index is 15.8. The molecule has 2 aliphatic heterocycles. The summed E-state index contributed by atoms with van der Waals surface area (Å²) in [5.41, 5.74) is 0.343. The van der Waals surface area contributed by atoms with Crippen molar-refractivity contribution < 1.29 is 23.6 Å². The third-order valence-electron chi connectivity index (χ3n) is 4.88. The fourth-order valence-corrected chi connectivity index (χ4v) is 3.54. The summed E-state index contributed by atoms with van der Waals surface area (Å²) in [6.45, 7) is 0.0292. The number of fused-ring (bicyclic) bond motifs is 1. The van der Waals surface area contributed by atoms with Crippen LogP contribution in [0.2, 0.25) is 0 Å². The van der Waals surface area contributed by atoms with E-state index in [-0.39, 0.29) is 36.1 Å². The number of nitrogens with zero attached hydrogens (tertiary/aromatic N) is 2. The van der Waals surface area contributed by atoms with E-state index in [2.05, 4.69) is 0 Å². The molecule has 0 unspecified atom stereocenters. The van der Waals surface area contributed by atoms with Crippen LogP contribution in [0.25, 0.3) is 0 Å². The summed E-state index contributed by atoms with van der Waals surface area (Å²) in [7, 11) is 0. The molecule has 4 rings (SSSR count). The average molecular weight is 366 g/mol. The summed E-state index contributed by atoms with van der Waals surface area (Å²) in [5.74, 6) is -6.44. The Morgan fingerprint density at radius 3 is 2.04 bits per heavy atom. The van der Waals surface area contributed by atoms with Gasteiger partial charge in [-0.25, -0.2) is 9.29 Å². The first-order valence-corrected chi connectivity index (χ1v) is 8.53. The molecule has 6 nitrogen and oxygen atoms in total. The molecule has 0 saturated carbocycles. The molecule has 27 heavy (non-hydrogen) atoms. The number of amides is 4. The van der Waals surface area contributed by atoms with Crippen molar-refractivity contribution in [2.24, 2.45) is 0 Å². The molecule has 0 aromatic heterocycles. The third-order valence-corrected chi connectivity index (χ3v) is 4.88. The van der Waals surface area contributed by atoms with E-state index in [4.69, 9.17) is 0 Å². The van der Waals surface area contributed by atoms with Crippen LogP contribution in [-0.2, 0) is 4.79 Å². The first-order chi connectivity index (χ1) is 12.9. The number of rotatable bonds is 2. The molecule has 2 aromatic carbocycles. The smallest absolute Gasteiger partial charge is 0.274 e. The van der Waals surface area contributed by atoms with Crippen molar-refractivity contribution >= 4 is 23.6 Å². The largest absolute Gasteiger partial charge is 0.288 e. The highest BCUT2D eigenvalue weighted by Crippen LogP contribution is 2.37. The van der Waals surface area contributed by atoms with E-state index in [1.54, 1.807) is 30.3 Å². The van der Waals surface area contributed by atoms with Gasteiger partial charge in [0.05, 0.1) is 11.1 Å². The van der Waals surface area contributed by atoms with E-state index < -0.39 is 29.4 Å². The summed E-state index contributed by atoms with van der Waals surface area (Å²) >= 11 is 0. The molecule has 0 radical (unpaired) electrons. The van der Waals surface area contributed by atoms with Gasteiger partial charge in [0.25, 0.3) is 29.4 Å². The quantitative estimate of drug-likeness (QED) is 0.604. The van der Waals surface area contributed by atoms with Crippen molar-refractivity contribution in [1.29, 1.82) is 0 Å². The molecule has 1 atom stereocenters. The van der Waals surface area contributed by atoms with Gasteiger partial charge in [0.1, 0.15) is 0 Å². The lowest BCUT2D eigenvalue weighted by Crippen LogP contribution is -2.62. The molecule has 0 N–H and O–H groups in total. The van der Waals surface area contributed by atoms with Gasteiger partial charge in [-0.05, 0) is 30.7 Å². The molecular weight excluding hydrogens is 351 g/mol. The Bertz CT molecular complexity index is 940. The Morgan fingerprint density at radius 2 is 1.44 bits per heavy atom. The van der Waals surface area contributed by atoms with E-state index in [1.807, 2.05) is 0 Å². The third kappa shape index (κ3) is 2.46. The van der Waals surface area contributed by atoms with Gasteiger partial charge in [0.15, 0.2) is 0 Å². The Labute approximate surface area is 154 Å². The number of halogens is 1. The number of hydrogen-bond donors (Lipinski definition) is 0. The van der Waals surface area contributed by atoms with E-state index in [0.717, 1.165) is 4.90 Å². The minimum absolute atomic E-state index is 0.0292. The SMILES string of the molecule is O=C(c1ccccc1)N1CCC[C@](F)(N2C(=O)c3ccccc3C2=O)C1=O. The number of benzene rings is 2. The van der Waals surface area contributed by atoms with E-state index in [1.165, 1.54) is 24.3 Å². The van der Waals surface area contributed by atoms with Crippen LogP contribution >= 0.6 is 0 Å². The number of alkyl halides is 1. The van der Waals surface area contributed by atoms with E-state index in [9.17, 15) is 19.2 Å². The maximum atomic E-state index is 15.8. The number of hydrogen-bond acceptors (Lipinski definition) is 4. The molecule has 0 bridgehead atoms. The first kappa shape index (κ1) is 17.1. The van der Waals surface area contributed by atoms with E-state index in [0.29, 0.717) is 4.90 Å². The van der Waals surface area contributed by atoms with Crippen molar-refractivity contribution in [2.75, 3.05) is 6.54 Å². The molecule has 2 aromatic rings. The van der Waals surface area contributed by atoms with Crippen molar-refractivity contribution in [3.8, 4) is 0 Å². The molecule has 136 valence electrons. The predicted octanol–water partition coefficient (Wildman–Crippen LogP) is 2.41. The molecule has 2 heterocycles. The van der Waals surface area contributed by atoms with Gasteiger partial charge < -0.3 is 0 Å². The minimum Gasteiger partial charge on any atom is -0.274 e. The van der Waals surface area contributed by atoms with Crippen molar-refractivity contribution in [2.45, 2.75) is 18.6 Å². The zero-order valence-electron chi connectivity index (χ0n) is 14.2. The zero-order chi connectivity index (χ0) is 19.2. The summed E-state index contributed by atoms with van der Waals surface area (Å²) in [6, 6.07) is 14.0. The van der Waals surface area contributed by atoms with Crippen molar-refractivity contribution in [3.63, 3.8) is 0 Å². The summed E-state index contributed by atoms with van der Waals surface area (Å²) in [6.07, 6.45) is -0.190. The van der Waals surface area contributed by atoms with Crippen LogP contribution < -0.4 is 0 Å². The number of carbonyl (C=O) groups is 4. The zero-order valence-corrected chi connectivity index (χ0v) is 14.2. The Kier molecular flexibility index (Phi) is 3.87. The lowest BCUT2D eigenvalue weighted by atomic mass is 9.99. The Morgan fingerprint density at radius 1 is 0.889 bits per heavy atom. The van der Waals surface area contributed by atoms with Crippen LogP contribution in [0.3, 0.4) is 0 Å². The van der Waals surface area contributed by atoms with Crippen molar-refractivity contribution in [1.82, 2.24) is 9.80 Å². The van der Waals surface area contributed by atoms with Crippen LogP contribution in [0.15, 0.2) is 54.6 Å². The van der Waals surface area contributed by atoms with Crippen LogP contribution in [0.4, 0.5) is 4.39 Å². The average Bonchev–Trinajstić information content (AvgIpc) is 2.95. The maximum Gasteiger partial charge on any atom is 0.288 e. The van der Waals surface area contributed by atoms with Gasteiger partial charge in [-0.2, -0.15) is 0 Å². The second-order valence-corrected chi connectivity index (χ2v) is 6.48. The molecular formula is C20H15FN2O4. The second-order valence-electron chi connectivity index (χ2n) is 6.48. The Balaban J connectivity index is 1.69. The summed E-state index contributed by atoms with van der Waals surface area (Å²) in [5, 5.41) is 0. The lowest BCUT2D eigenvalue weighted by molar-refractivity contribution is -0.155. The van der Waals surface area contributed by atoms with Gasteiger partial charge in [0.2, 0.25) is 0 Å². The van der Waals surface area contributed by atoms with Crippen LogP contribution in [0.5, 0.6) is 0 Å². The summed E-state index contributed by atoms with van der Waals surface area (Å²) < 4.78 is 15.8. The fourth-order valence-electron chi connectivity index (χ4n) is 3.54. The normalized spacial score (nSPS) is 22.2. The molecule has 7 heteroatoms. The fraction of sp³-hybridized carbons (Fsp3) is 0.200. The topological polar surface area (TPSA) is 74.8 Å². The number of piperidine rings is 1. The van der Waals surface area contributed by atoms with Crippen LogP contribution in [0.1, 0.15) is 43.9 Å². The monoisotopic (exact) mass is 366 g/mol. The number of likely N-dealkylation sites (tertiary alicyclic amines) is 1. The van der Waals surface area contributed by atoms with E-state index >= 15 is 4.39 Å². The van der Waals surface area contributed by atoms with Gasteiger partial charge in [-0.1, -0.05) is 30.3 Å². The predicted molar refractivity (Wildman–Crippen MR) is 92.5 cm³/mol. The summed E-state index contributed by atoms with van der Waals surface area (Å²) in [4.78, 5) is 51.9. The van der Waals surface area contributed by atoms with Crippen LogP contribution in [-0.4, -0.2) is 45.8 Å². The Hall–Kier alpha value is -3.35. The number of carbonyl (C=O) groups excluding carboxylic acids is 4. The molecule has 0 spiro atoms. The molecule has 2 aliphatic rings. The second kappa shape index (κ2) is 6.12. The highest BCUT2D eigenvalue weighted by atomic mass is 19.1. The standard InChI is InChI=1S/C20H15FN2O4/c21-20(23-17(25)14-9-4-5-10-15(14)18(23)26)11-6-12-22(19(20)27)16(24)13-7-2-1-3-8-13/h1-5,7-10H,6,11-12H2/t20-/m0/s1. The molecule has 0 aliphatic carbocycles. The van der Waals surface area contributed by atoms with Gasteiger partial charge in [-0.3, -0.25) is 24.1 Å².